The Balaban J connectivity index is 1.30. The third-order valence-corrected chi connectivity index (χ3v) is 7.39. The highest BCUT2D eigenvalue weighted by Gasteiger charge is 2.21. The molecule has 2 saturated heterocycles. The van der Waals surface area contributed by atoms with Crippen LogP contribution in [0, 0.1) is 0 Å². The molecule has 2 aromatic heterocycles. The molecule has 2 fully saturated rings. The zero-order valence-corrected chi connectivity index (χ0v) is 21.6. The van der Waals surface area contributed by atoms with Crippen LogP contribution in [0.15, 0.2) is 71.8 Å². The van der Waals surface area contributed by atoms with Crippen LogP contribution in [0.2, 0.25) is 0 Å². The highest BCUT2D eigenvalue weighted by atomic mass is 16.5. The number of carboxylic acids is 1. The molecule has 39 heavy (non-hydrogen) atoms. The quantitative estimate of drug-likeness (QED) is 0.408. The van der Waals surface area contributed by atoms with Crippen LogP contribution in [-0.4, -0.2) is 73.2 Å². The third kappa shape index (κ3) is 5.10. The van der Waals surface area contributed by atoms with Crippen LogP contribution in [0.25, 0.3) is 22.0 Å². The number of nitrogens with zero attached hydrogens (tertiary/aromatic N) is 4. The highest BCUT2D eigenvalue weighted by molar-refractivity contribution is 5.98. The second-order valence-corrected chi connectivity index (χ2v) is 9.78. The summed E-state index contributed by atoms with van der Waals surface area (Å²) in [6.07, 6.45) is 3.35. The number of hydrogen-bond acceptors (Lipinski definition) is 7. The van der Waals surface area contributed by atoms with Gasteiger partial charge < -0.3 is 28.9 Å². The van der Waals surface area contributed by atoms with E-state index in [9.17, 15) is 14.7 Å². The molecule has 0 amide bonds. The molecule has 4 aromatic rings. The average Bonchev–Trinajstić information content (AvgIpc) is 2.99. The van der Waals surface area contributed by atoms with Crippen molar-refractivity contribution in [3.63, 3.8) is 0 Å². The summed E-state index contributed by atoms with van der Waals surface area (Å²) in [4.78, 5) is 34.3. The third-order valence-electron chi connectivity index (χ3n) is 7.39. The zero-order valence-electron chi connectivity index (χ0n) is 21.6. The Morgan fingerprint density at radius 1 is 0.846 bits per heavy atom. The number of carboxylic acid groups (broad SMARTS) is 1. The molecule has 2 aliphatic rings. The van der Waals surface area contributed by atoms with E-state index in [0.29, 0.717) is 43.8 Å². The van der Waals surface area contributed by atoms with Gasteiger partial charge in [0.15, 0.2) is 0 Å². The lowest BCUT2D eigenvalue weighted by atomic mass is 10.0. The van der Waals surface area contributed by atoms with Crippen LogP contribution >= 0.6 is 0 Å². The Hall–Kier alpha value is -4.21. The number of anilines is 2. The smallest absolute Gasteiger partial charge is 0.341 e. The monoisotopic (exact) mass is 526 g/mol. The molecule has 0 aliphatic carbocycles. The minimum Gasteiger partial charge on any atom is -0.477 e. The standard InChI is InChI=1S/C30H30N4O5/c35-29-24(30(36)37)20-34(26-3-1-2-25(28(26)29)32-10-14-38-15-11-32)19-21-4-6-22(7-5-21)23-8-9-27(31-18-23)33-12-16-39-17-13-33/h1-9,18,20H,10-17,19H2,(H,36,37). The number of fused-ring (bicyclic) bond motifs is 1. The first-order chi connectivity index (χ1) is 19.1. The Labute approximate surface area is 225 Å². The first kappa shape index (κ1) is 25.1. The van der Waals surface area contributed by atoms with Crippen molar-refractivity contribution in [2.24, 2.45) is 0 Å². The van der Waals surface area contributed by atoms with Crippen molar-refractivity contribution in [2.75, 3.05) is 62.4 Å². The summed E-state index contributed by atoms with van der Waals surface area (Å²) in [5, 5.41) is 10.3. The number of aromatic nitrogens is 2. The molecule has 0 radical (unpaired) electrons. The van der Waals surface area contributed by atoms with E-state index in [-0.39, 0.29) is 5.56 Å². The molecule has 9 nitrogen and oxygen atoms in total. The van der Waals surface area contributed by atoms with Gasteiger partial charge in [0.1, 0.15) is 11.4 Å². The summed E-state index contributed by atoms with van der Waals surface area (Å²) in [6.45, 7) is 6.01. The maximum atomic E-state index is 13.3. The van der Waals surface area contributed by atoms with Gasteiger partial charge in [0.25, 0.3) is 0 Å². The molecular weight excluding hydrogens is 496 g/mol. The SMILES string of the molecule is O=C(O)c1cn(Cc2ccc(-c3ccc(N4CCOCC4)nc3)cc2)c2cccc(N3CCOCC3)c2c1=O. The summed E-state index contributed by atoms with van der Waals surface area (Å²) in [6, 6.07) is 17.9. The lowest BCUT2D eigenvalue weighted by Crippen LogP contribution is -2.37. The maximum absolute atomic E-state index is 13.3. The van der Waals surface area contributed by atoms with E-state index in [1.54, 1.807) is 0 Å². The van der Waals surface area contributed by atoms with E-state index in [4.69, 9.17) is 9.47 Å². The van der Waals surface area contributed by atoms with E-state index < -0.39 is 11.4 Å². The normalized spacial score (nSPS) is 16.0. The number of rotatable bonds is 6. The van der Waals surface area contributed by atoms with Gasteiger partial charge >= 0.3 is 5.97 Å². The molecule has 0 saturated carbocycles. The number of aromatic carboxylic acids is 1. The van der Waals surface area contributed by atoms with Crippen LogP contribution in [0.4, 0.5) is 11.5 Å². The molecule has 1 N–H and O–H groups in total. The summed E-state index contributed by atoms with van der Waals surface area (Å²) >= 11 is 0. The van der Waals surface area contributed by atoms with E-state index in [1.165, 1.54) is 6.20 Å². The highest BCUT2D eigenvalue weighted by Crippen LogP contribution is 2.27. The number of carbonyl (C=O) groups is 1. The second kappa shape index (κ2) is 10.9. The van der Waals surface area contributed by atoms with Gasteiger partial charge in [-0.2, -0.15) is 0 Å². The first-order valence-corrected chi connectivity index (χ1v) is 13.2. The number of benzene rings is 2. The van der Waals surface area contributed by atoms with Crippen LogP contribution in [0.1, 0.15) is 15.9 Å². The number of pyridine rings is 2. The van der Waals surface area contributed by atoms with Gasteiger partial charge in [-0.25, -0.2) is 9.78 Å². The number of ether oxygens (including phenoxy) is 2. The summed E-state index contributed by atoms with van der Waals surface area (Å²) in [7, 11) is 0. The van der Waals surface area contributed by atoms with Crippen LogP contribution < -0.4 is 15.2 Å². The number of morpholine rings is 2. The van der Waals surface area contributed by atoms with Crippen molar-refractivity contribution in [3.05, 3.63) is 88.3 Å². The zero-order chi connectivity index (χ0) is 26.8. The first-order valence-electron chi connectivity index (χ1n) is 13.2. The second-order valence-electron chi connectivity index (χ2n) is 9.78. The van der Waals surface area contributed by atoms with Crippen LogP contribution in [0.5, 0.6) is 0 Å². The fourth-order valence-electron chi connectivity index (χ4n) is 5.31. The average molecular weight is 527 g/mol. The molecule has 6 rings (SSSR count). The molecule has 2 aromatic carbocycles. The fraction of sp³-hybridized carbons (Fsp3) is 0.300. The predicted molar refractivity (Wildman–Crippen MR) is 150 cm³/mol. The van der Waals surface area contributed by atoms with Gasteiger partial charge in [-0.05, 0) is 35.4 Å². The lowest BCUT2D eigenvalue weighted by Gasteiger charge is -2.30. The Bertz CT molecular complexity index is 1540. The van der Waals surface area contributed by atoms with Gasteiger partial charge in [-0.15, -0.1) is 0 Å². The summed E-state index contributed by atoms with van der Waals surface area (Å²) in [5.41, 5.74) is 3.84. The van der Waals surface area contributed by atoms with Gasteiger partial charge in [-0.1, -0.05) is 30.3 Å². The van der Waals surface area contributed by atoms with Crippen LogP contribution in [-0.2, 0) is 16.0 Å². The molecule has 0 bridgehead atoms. The van der Waals surface area contributed by atoms with Crippen molar-refractivity contribution in [1.29, 1.82) is 0 Å². The van der Waals surface area contributed by atoms with Gasteiger partial charge in [-0.3, -0.25) is 4.79 Å². The minimum atomic E-state index is -1.23. The molecule has 0 spiro atoms. The molecule has 2 aliphatic heterocycles. The van der Waals surface area contributed by atoms with Gasteiger partial charge in [0.2, 0.25) is 5.43 Å². The number of hydrogen-bond donors (Lipinski definition) is 1. The Morgan fingerprint density at radius 2 is 1.51 bits per heavy atom. The van der Waals surface area contributed by atoms with Crippen molar-refractivity contribution >= 4 is 28.4 Å². The maximum Gasteiger partial charge on any atom is 0.341 e. The van der Waals surface area contributed by atoms with E-state index in [0.717, 1.165) is 54.5 Å². The minimum absolute atomic E-state index is 0.230. The van der Waals surface area contributed by atoms with Gasteiger partial charge in [0.05, 0.1) is 43.0 Å². The van der Waals surface area contributed by atoms with Crippen molar-refractivity contribution < 1.29 is 19.4 Å². The lowest BCUT2D eigenvalue weighted by molar-refractivity contribution is 0.0694. The molecule has 200 valence electrons. The van der Waals surface area contributed by atoms with Gasteiger partial charge in [0, 0.05) is 50.7 Å². The molecule has 0 unspecified atom stereocenters. The van der Waals surface area contributed by atoms with Crippen LogP contribution in [0.3, 0.4) is 0 Å². The Morgan fingerprint density at radius 3 is 2.15 bits per heavy atom. The van der Waals surface area contributed by atoms with Crippen molar-refractivity contribution in [3.8, 4) is 11.1 Å². The van der Waals surface area contributed by atoms with Crippen molar-refractivity contribution in [1.82, 2.24) is 9.55 Å². The largest absolute Gasteiger partial charge is 0.477 e. The summed E-state index contributed by atoms with van der Waals surface area (Å²) in [5.74, 6) is -0.273. The summed E-state index contributed by atoms with van der Waals surface area (Å²) < 4.78 is 12.8. The molecule has 4 heterocycles. The fourth-order valence-corrected chi connectivity index (χ4v) is 5.31. The molecular formula is C30H30N4O5. The van der Waals surface area contributed by atoms with E-state index in [1.807, 2.05) is 59.3 Å². The van der Waals surface area contributed by atoms with E-state index >= 15 is 0 Å². The predicted octanol–water partition coefficient (Wildman–Crippen LogP) is 3.48. The Kier molecular flexibility index (Phi) is 7.00. The van der Waals surface area contributed by atoms with Crippen molar-refractivity contribution in [2.45, 2.75) is 6.54 Å². The van der Waals surface area contributed by atoms with E-state index in [2.05, 4.69) is 20.9 Å². The topological polar surface area (TPSA) is 97.1 Å². The molecule has 9 heteroatoms. The molecule has 0 atom stereocenters.